The van der Waals surface area contributed by atoms with E-state index in [4.69, 9.17) is 4.99 Å². The average Bonchev–Trinajstić information content (AvgIpc) is 3.05. The number of rotatable bonds is 17. The molecule has 1 N–H and O–H groups in total. The van der Waals surface area contributed by atoms with Crippen molar-refractivity contribution < 1.29 is 9.59 Å². The van der Waals surface area contributed by atoms with Gasteiger partial charge in [-0.15, -0.1) is 0 Å². The molecule has 2 unspecified atom stereocenters. The molecule has 0 saturated carbocycles. The van der Waals surface area contributed by atoms with Gasteiger partial charge in [-0.25, -0.2) is 4.99 Å². The van der Waals surface area contributed by atoms with Crippen molar-refractivity contribution >= 4 is 6.21 Å². The van der Waals surface area contributed by atoms with Crippen molar-refractivity contribution in [1.29, 1.82) is 0 Å². The standard InChI is InChI=1S/C23H45N2O/c1-3-5-6-7-8-9-10-11-12-13-14-15-16-17-18-23-24-19-20-25(23,4-2)21-22-26/h3,5,19,23,26H,4,6-18,20-22H2,1-2H3/q+1/b5-3+. The monoisotopic (exact) mass is 365 g/mol. The minimum atomic E-state index is 0.281. The van der Waals surface area contributed by atoms with Crippen LogP contribution in [0.5, 0.6) is 0 Å². The lowest BCUT2D eigenvalue weighted by Crippen LogP contribution is -2.53. The van der Waals surface area contributed by atoms with E-state index in [1.807, 2.05) is 0 Å². The van der Waals surface area contributed by atoms with Crippen LogP contribution in [-0.2, 0) is 0 Å². The molecular weight excluding hydrogens is 320 g/mol. The largest absolute Gasteiger partial charge is 0.391 e. The van der Waals surface area contributed by atoms with Gasteiger partial charge in [0.25, 0.3) is 0 Å². The van der Waals surface area contributed by atoms with E-state index in [-0.39, 0.29) is 6.61 Å². The molecule has 1 heterocycles. The molecule has 0 aromatic heterocycles. The molecule has 0 bridgehead atoms. The Labute approximate surface area is 163 Å². The number of likely N-dealkylation sites (N-methyl/N-ethyl adjacent to an activating group) is 1. The lowest BCUT2D eigenvalue weighted by molar-refractivity contribution is -0.936. The number of aliphatic imine (C=N–C) groups is 1. The summed E-state index contributed by atoms with van der Waals surface area (Å²) in [6, 6.07) is 0. The van der Waals surface area contributed by atoms with E-state index < -0.39 is 0 Å². The van der Waals surface area contributed by atoms with Gasteiger partial charge in [0.2, 0.25) is 0 Å². The van der Waals surface area contributed by atoms with E-state index in [9.17, 15) is 5.11 Å². The third kappa shape index (κ3) is 9.32. The van der Waals surface area contributed by atoms with Crippen molar-refractivity contribution in [2.45, 2.75) is 103 Å². The Kier molecular flexibility index (Phi) is 13.8. The molecule has 3 heteroatoms. The fourth-order valence-electron chi connectivity index (χ4n) is 4.23. The Bertz CT molecular complexity index is 380. The first-order valence-corrected chi connectivity index (χ1v) is 11.4. The molecule has 0 spiro atoms. The highest BCUT2D eigenvalue weighted by molar-refractivity contribution is 5.60. The average molecular weight is 366 g/mol. The normalized spacial score (nSPS) is 22.7. The Balaban J connectivity index is 1.91. The third-order valence-corrected chi connectivity index (χ3v) is 6.10. The van der Waals surface area contributed by atoms with Crippen LogP contribution >= 0.6 is 0 Å². The summed E-state index contributed by atoms with van der Waals surface area (Å²) in [6.45, 7) is 7.58. The fourth-order valence-corrected chi connectivity index (χ4v) is 4.23. The molecule has 1 aliphatic rings. The lowest BCUT2D eigenvalue weighted by atomic mass is 10.0. The molecule has 152 valence electrons. The van der Waals surface area contributed by atoms with Crippen LogP contribution < -0.4 is 0 Å². The van der Waals surface area contributed by atoms with E-state index in [1.54, 1.807) is 0 Å². The fraction of sp³-hybridized carbons (Fsp3) is 0.870. The molecule has 0 fully saturated rings. The highest BCUT2D eigenvalue weighted by Crippen LogP contribution is 2.24. The van der Waals surface area contributed by atoms with Crippen molar-refractivity contribution in [2.75, 3.05) is 26.2 Å². The smallest absolute Gasteiger partial charge is 0.182 e. The van der Waals surface area contributed by atoms with Crippen LogP contribution in [0, 0.1) is 0 Å². The van der Waals surface area contributed by atoms with Gasteiger partial charge in [0.15, 0.2) is 6.17 Å². The Hall–Kier alpha value is -0.670. The molecule has 1 aliphatic heterocycles. The quantitative estimate of drug-likeness (QED) is 0.195. The maximum absolute atomic E-state index is 9.36. The number of hydrogen-bond donors (Lipinski definition) is 1. The maximum Gasteiger partial charge on any atom is 0.182 e. The molecule has 0 aromatic rings. The van der Waals surface area contributed by atoms with E-state index in [1.165, 1.54) is 83.5 Å². The van der Waals surface area contributed by atoms with Crippen LogP contribution in [0.4, 0.5) is 0 Å². The minimum absolute atomic E-state index is 0.281. The van der Waals surface area contributed by atoms with Crippen molar-refractivity contribution in [3.63, 3.8) is 0 Å². The molecule has 0 aliphatic carbocycles. The van der Waals surface area contributed by atoms with Gasteiger partial charge in [-0.2, -0.15) is 0 Å². The number of quaternary nitrogens is 1. The van der Waals surface area contributed by atoms with E-state index in [2.05, 4.69) is 32.2 Å². The van der Waals surface area contributed by atoms with Crippen LogP contribution in [0.2, 0.25) is 0 Å². The van der Waals surface area contributed by atoms with Crippen molar-refractivity contribution in [2.24, 2.45) is 4.99 Å². The van der Waals surface area contributed by atoms with Gasteiger partial charge in [0, 0.05) is 6.42 Å². The van der Waals surface area contributed by atoms with Crippen LogP contribution in [0.15, 0.2) is 17.1 Å². The zero-order valence-electron chi connectivity index (χ0n) is 17.7. The maximum atomic E-state index is 9.36. The lowest BCUT2D eigenvalue weighted by Gasteiger charge is -2.37. The van der Waals surface area contributed by atoms with Crippen LogP contribution in [0.1, 0.15) is 97.3 Å². The number of hydrogen-bond acceptors (Lipinski definition) is 2. The van der Waals surface area contributed by atoms with Gasteiger partial charge in [0.1, 0.15) is 13.1 Å². The predicted octanol–water partition coefficient (Wildman–Crippen LogP) is 5.87. The molecule has 1 rings (SSSR count). The Morgan fingerprint density at radius 3 is 2.08 bits per heavy atom. The zero-order valence-corrected chi connectivity index (χ0v) is 17.7. The second kappa shape index (κ2) is 15.4. The van der Waals surface area contributed by atoms with E-state index in [0.717, 1.165) is 24.1 Å². The van der Waals surface area contributed by atoms with Crippen molar-refractivity contribution in [1.82, 2.24) is 0 Å². The summed E-state index contributed by atoms with van der Waals surface area (Å²) in [5.41, 5.74) is 0. The number of allylic oxidation sites excluding steroid dienone is 2. The van der Waals surface area contributed by atoms with Crippen molar-refractivity contribution in [3.8, 4) is 0 Å². The summed E-state index contributed by atoms with van der Waals surface area (Å²) in [4.78, 5) is 4.71. The SMILES string of the molecule is C/C=C/CCCCCCCCCCCCCC1N=CC[N+]1(CC)CCO. The van der Waals surface area contributed by atoms with Crippen molar-refractivity contribution in [3.05, 3.63) is 12.2 Å². The Morgan fingerprint density at radius 1 is 0.962 bits per heavy atom. The van der Waals surface area contributed by atoms with Crippen LogP contribution in [-0.4, -0.2) is 48.2 Å². The highest BCUT2D eigenvalue weighted by Gasteiger charge is 2.36. The number of aliphatic hydroxyl groups is 1. The van der Waals surface area contributed by atoms with Crippen LogP contribution in [0.3, 0.4) is 0 Å². The number of nitrogens with zero attached hydrogens (tertiary/aromatic N) is 2. The molecule has 26 heavy (non-hydrogen) atoms. The second-order valence-electron chi connectivity index (χ2n) is 8.01. The van der Waals surface area contributed by atoms with Gasteiger partial charge >= 0.3 is 0 Å². The molecule has 0 amide bonds. The van der Waals surface area contributed by atoms with Crippen LogP contribution in [0.25, 0.3) is 0 Å². The molecule has 0 saturated heterocycles. The molecule has 3 nitrogen and oxygen atoms in total. The summed E-state index contributed by atoms with van der Waals surface area (Å²) in [5.74, 6) is 0. The predicted molar refractivity (Wildman–Crippen MR) is 115 cm³/mol. The minimum Gasteiger partial charge on any atom is -0.391 e. The molecule has 0 aromatic carbocycles. The first-order chi connectivity index (χ1) is 12.8. The summed E-state index contributed by atoms with van der Waals surface area (Å²) in [7, 11) is 0. The second-order valence-corrected chi connectivity index (χ2v) is 8.01. The topological polar surface area (TPSA) is 32.6 Å². The molecular formula is C23H45N2O+. The van der Waals surface area contributed by atoms with E-state index >= 15 is 0 Å². The summed E-state index contributed by atoms with van der Waals surface area (Å²) >= 11 is 0. The summed E-state index contributed by atoms with van der Waals surface area (Å²) < 4.78 is 0.977. The van der Waals surface area contributed by atoms with Gasteiger partial charge in [0.05, 0.1) is 19.4 Å². The molecule has 2 atom stereocenters. The zero-order chi connectivity index (χ0) is 18.9. The number of aliphatic hydroxyl groups excluding tert-OH is 1. The Morgan fingerprint density at radius 2 is 1.54 bits per heavy atom. The summed E-state index contributed by atoms with van der Waals surface area (Å²) in [5, 5.41) is 9.36. The highest BCUT2D eigenvalue weighted by atomic mass is 16.3. The first kappa shape index (κ1) is 23.4. The van der Waals surface area contributed by atoms with Gasteiger partial charge in [-0.1, -0.05) is 69.9 Å². The summed E-state index contributed by atoms with van der Waals surface area (Å²) in [6.07, 6.45) is 24.7. The first-order valence-electron chi connectivity index (χ1n) is 11.4. The van der Waals surface area contributed by atoms with Gasteiger partial charge in [-0.05, 0) is 33.1 Å². The van der Waals surface area contributed by atoms with Gasteiger partial charge < -0.3 is 5.11 Å². The van der Waals surface area contributed by atoms with Gasteiger partial charge in [-0.3, -0.25) is 4.48 Å². The number of unbranched alkanes of at least 4 members (excludes halogenated alkanes) is 11. The third-order valence-electron chi connectivity index (χ3n) is 6.10. The van der Waals surface area contributed by atoms with E-state index in [0.29, 0.717) is 6.17 Å². The molecule has 0 radical (unpaired) electrons.